The lowest BCUT2D eigenvalue weighted by molar-refractivity contribution is -0.117. The van der Waals surface area contributed by atoms with Crippen LogP contribution >= 0.6 is 0 Å². The Morgan fingerprint density at radius 3 is 2.81 bits per heavy atom. The molecular weight excluding hydrogens is 396 g/mol. The highest BCUT2D eigenvalue weighted by Gasteiger charge is 2.17. The zero-order valence-corrected chi connectivity index (χ0v) is 17.3. The van der Waals surface area contributed by atoms with Gasteiger partial charge in [0.1, 0.15) is 11.6 Å². The average molecular weight is 418 g/mol. The average Bonchev–Trinajstić information content (AvgIpc) is 3.24. The van der Waals surface area contributed by atoms with Crippen molar-refractivity contribution in [3.8, 4) is 5.75 Å². The molecule has 8 heteroatoms. The first-order valence-corrected chi connectivity index (χ1v) is 9.93. The molecule has 2 aromatic carbocycles. The van der Waals surface area contributed by atoms with Crippen molar-refractivity contribution in [1.29, 1.82) is 0 Å². The molecule has 0 unspecified atom stereocenters. The summed E-state index contributed by atoms with van der Waals surface area (Å²) in [4.78, 5) is 41.6. The van der Waals surface area contributed by atoms with Gasteiger partial charge in [0.2, 0.25) is 0 Å². The molecule has 1 aliphatic rings. The summed E-state index contributed by atoms with van der Waals surface area (Å²) in [7, 11) is 1.56. The Hall–Kier alpha value is -3.94. The van der Waals surface area contributed by atoms with Crippen LogP contribution in [-0.2, 0) is 17.8 Å². The SMILES string of the molecule is COc1ccc(C)cc1/C=C/C(=O)NNC(=O)c1ccc2c(=O)n3c(nc2c1)CCC3. The van der Waals surface area contributed by atoms with Crippen molar-refractivity contribution in [3.63, 3.8) is 0 Å². The number of rotatable bonds is 4. The summed E-state index contributed by atoms with van der Waals surface area (Å²) in [5, 5.41) is 0.473. The normalized spacial score (nSPS) is 12.7. The Morgan fingerprint density at radius 2 is 2.00 bits per heavy atom. The number of nitrogens with zero attached hydrogens (tertiary/aromatic N) is 2. The van der Waals surface area contributed by atoms with Gasteiger partial charge >= 0.3 is 0 Å². The second-order valence-corrected chi connectivity index (χ2v) is 7.34. The van der Waals surface area contributed by atoms with Gasteiger partial charge in [-0.15, -0.1) is 0 Å². The van der Waals surface area contributed by atoms with Gasteiger partial charge in [-0.25, -0.2) is 4.98 Å². The highest BCUT2D eigenvalue weighted by molar-refractivity contribution is 6.00. The molecule has 0 atom stereocenters. The lowest BCUT2D eigenvalue weighted by atomic mass is 10.1. The molecule has 0 saturated heterocycles. The smallest absolute Gasteiger partial charge is 0.269 e. The number of amides is 2. The van der Waals surface area contributed by atoms with Gasteiger partial charge in [0.05, 0.1) is 18.0 Å². The number of methoxy groups -OCH3 is 1. The van der Waals surface area contributed by atoms with Gasteiger partial charge in [-0.2, -0.15) is 0 Å². The third-order valence-electron chi connectivity index (χ3n) is 5.18. The lowest BCUT2D eigenvalue weighted by Crippen LogP contribution is -2.40. The third-order valence-corrected chi connectivity index (χ3v) is 5.18. The van der Waals surface area contributed by atoms with E-state index in [-0.39, 0.29) is 5.56 Å². The van der Waals surface area contributed by atoms with E-state index in [0.717, 1.165) is 29.8 Å². The Balaban J connectivity index is 1.44. The van der Waals surface area contributed by atoms with E-state index in [1.165, 1.54) is 6.08 Å². The van der Waals surface area contributed by atoms with E-state index in [2.05, 4.69) is 15.8 Å². The van der Waals surface area contributed by atoms with Gasteiger partial charge in [0, 0.05) is 30.2 Å². The number of nitrogens with one attached hydrogen (secondary N) is 2. The van der Waals surface area contributed by atoms with Crippen LogP contribution in [0.2, 0.25) is 0 Å². The molecule has 0 fully saturated rings. The number of hydrogen-bond acceptors (Lipinski definition) is 5. The van der Waals surface area contributed by atoms with Gasteiger partial charge in [-0.3, -0.25) is 29.8 Å². The molecule has 158 valence electrons. The predicted molar refractivity (Wildman–Crippen MR) is 117 cm³/mol. The Morgan fingerprint density at radius 1 is 1.16 bits per heavy atom. The van der Waals surface area contributed by atoms with Gasteiger partial charge < -0.3 is 4.74 Å². The molecule has 0 spiro atoms. The van der Waals surface area contributed by atoms with Crippen LogP contribution in [0.25, 0.3) is 17.0 Å². The van der Waals surface area contributed by atoms with Crippen molar-refractivity contribution >= 4 is 28.8 Å². The third kappa shape index (κ3) is 4.18. The van der Waals surface area contributed by atoms with E-state index in [1.807, 2.05) is 25.1 Å². The maximum Gasteiger partial charge on any atom is 0.269 e. The van der Waals surface area contributed by atoms with E-state index in [1.54, 1.807) is 36.0 Å². The second kappa shape index (κ2) is 8.43. The number of benzene rings is 2. The molecule has 2 amide bonds. The molecule has 0 radical (unpaired) electrons. The highest BCUT2D eigenvalue weighted by atomic mass is 16.5. The lowest BCUT2D eigenvalue weighted by Gasteiger charge is -2.08. The van der Waals surface area contributed by atoms with Crippen molar-refractivity contribution in [3.05, 3.63) is 75.3 Å². The molecule has 1 aliphatic heterocycles. The van der Waals surface area contributed by atoms with E-state index in [9.17, 15) is 14.4 Å². The molecule has 2 heterocycles. The monoisotopic (exact) mass is 418 g/mol. The number of fused-ring (bicyclic) bond motifs is 2. The number of aromatic nitrogens is 2. The summed E-state index contributed by atoms with van der Waals surface area (Å²) in [5.41, 5.74) is 7.20. The molecule has 8 nitrogen and oxygen atoms in total. The fraction of sp³-hybridized carbons (Fsp3) is 0.217. The van der Waals surface area contributed by atoms with Crippen molar-refractivity contribution < 1.29 is 14.3 Å². The number of aryl methyl sites for hydroxylation is 2. The number of ether oxygens (including phenoxy) is 1. The summed E-state index contributed by atoms with van der Waals surface area (Å²) < 4.78 is 6.96. The van der Waals surface area contributed by atoms with Crippen molar-refractivity contribution in [2.24, 2.45) is 0 Å². The summed E-state index contributed by atoms with van der Waals surface area (Å²) in [5.74, 6) is 0.385. The molecule has 1 aromatic heterocycles. The molecule has 4 rings (SSSR count). The van der Waals surface area contributed by atoms with Crippen molar-refractivity contribution in [1.82, 2.24) is 20.4 Å². The quantitative estimate of drug-likeness (QED) is 0.499. The fourth-order valence-electron chi connectivity index (χ4n) is 3.61. The van der Waals surface area contributed by atoms with Gasteiger partial charge in [-0.1, -0.05) is 11.6 Å². The maximum absolute atomic E-state index is 12.5. The van der Waals surface area contributed by atoms with Gasteiger partial charge in [0.25, 0.3) is 17.4 Å². The predicted octanol–water partition coefficient (Wildman–Crippen LogP) is 2.13. The zero-order valence-electron chi connectivity index (χ0n) is 17.3. The van der Waals surface area contributed by atoms with Crippen molar-refractivity contribution in [2.75, 3.05) is 7.11 Å². The minimum absolute atomic E-state index is 0.0884. The van der Waals surface area contributed by atoms with E-state index >= 15 is 0 Å². The minimum atomic E-state index is -0.501. The molecule has 0 saturated carbocycles. The first-order chi connectivity index (χ1) is 15.0. The van der Waals surface area contributed by atoms with Crippen LogP contribution in [0, 0.1) is 6.92 Å². The largest absolute Gasteiger partial charge is 0.496 e. The standard InChI is InChI=1S/C23H22N4O4/c1-14-5-9-19(31-2)15(12-14)7-10-21(28)25-26-22(29)16-6-8-17-18(13-16)24-20-4-3-11-27(20)23(17)30/h5-10,12-13H,3-4,11H2,1-2H3,(H,25,28)(H,26,29)/b10-7+. The summed E-state index contributed by atoms with van der Waals surface area (Å²) in [6.07, 6.45) is 4.56. The van der Waals surface area contributed by atoms with Crippen LogP contribution in [0.4, 0.5) is 0 Å². The Labute approximate surface area is 178 Å². The van der Waals surface area contributed by atoms with Crippen LogP contribution in [-0.4, -0.2) is 28.5 Å². The van der Waals surface area contributed by atoms with Gasteiger partial charge in [0.15, 0.2) is 0 Å². The first-order valence-electron chi connectivity index (χ1n) is 9.93. The van der Waals surface area contributed by atoms with Crippen LogP contribution in [0.3, 0.4) is 0 Å². The van der Waals surface area contributed by atoms with Gasteiger partial charge in [-0.05, 0) is 49.8 Å². The fourth-order valence-corrected chi connectivity index (χ4v) is 3.61. The molecule has 0 aliphatic carbocycles. The van der Waals surface area contributed by atoms with E-state index < -0.39 is 11.8 Å². The Bertz CT molecular complexity index is 1280. The summed E-state index contributed by atoms with van der Waals surface area (Å²) in [6, 6.07) is 10.3. The molecule has 3 aromatic rings. The summed E-state index contributed by atoms with van der Waals surface area (Å²) in [6.45, 7) is 2.62. The molecule has 31 heavy (non-hydrogen) atoms. The molecule has 2 N–H and O–H groups in total. The van der Waals surface area contributed by atoms with E-state index in [0.29, 0.717) is 28.8 Å². The Kier molecular flexibility index (Phi) is 5.53. The van der Waals surface area contributed by atoms with E-state index in [4.69, 9.17) is 4.74 Å². The van der Waals surface area contributed by atoms with Crippen LogP contribution < -0.4 is 21.1 Å². The minimum Gasteiger partial charge on any atom is -0.496 e. The zero-order chi connectivity index (χ0) is 22.0. The number of carbonyl (C=O) groups excluding carboxylic acids is 2. The first kappa shape index (κ1) is 20.3. The molecular formula is C23H22N4O4. The topological polar surface area (TPSA) is 102 Å². The number of hydrazine groups is 1. The summed E-state index contributed by atoms with van der Waals surface area (Å²) >= 11 is 0. The maximum atomic E-state index is 12.5. The second-order valence-electron chi connectivity index (χ2n) is 7.34. The van der Waals surface area contributed by atoms with Crippen molar-refractivity contribution in [2.45, 2.75) is 26.3 Å². The van der Waals surface area contributed by atoms with Crippen LogP contribution in [0.5, 0.6) is 5.75 Å². The number of carbonyl (C=O) groups is 2. The highest BCUT2D eigenvalue weighted by Crippen LogP contribution is 2.21. The number of hydrogen-bond donors (Lipinski definition) is 2. The van der Waals surface area contributed by atoms with Crippen LogP contribution in [0.1, 0.15) is 33.7 Å². The molecule has 0 bridgehead atoms. The van der Waals surface area contributed by atoms with Crippen LogP contribution in [0.15, 0.2) is 47.3 Å².